The van der Waals surface area contributed by atoms with Crippen molar-refractivity contribution in [3.8, 4) is 5.88 Å². The van der Waals surface area contributed by atoms with Crippen LogP contribution in [0.2, 0.25) is 0 Å². The van der Waals surface area contributed by atoms with Gasteiger partial charge in [-0.2, -0.15) is 0 Å². The number of amides is 1. The van der Waals surface area contributed by atoms with Gasteiger partial charge in [-0.3, -0.25) is 9.59 Å². The van der Waals surface area contributed by atoms with Crippen molar-refractivity contribution in [2.24, 2.45) is 0 Å². The standard InChI is InChI=1S/C13H18N4O4/c1-3-21-13-8(2)11(15-7-16-13)17-5-4-14-12(20)9(17)6-10(18)19/h7,9H,3-6H2,1-2H3,(H,14,20)(H,18,19). The van der Waals surface area contributed by atoms with Crippen LogP contribution in [0.5, 0.6) is 5.88 Å². The van der Waals surface area contributed by atoms with Gasteiger partial charge in [-0.05, 0) is 13.8 Å². The molecule has 1 aromatic heterocycles. The summed E-state index contributed by atoms with van der Waals surface area (Å²) in [5.74, 6) is -0.351. The third-order valence-corrected chi connectivity index (χ3v) is 3.26. The molecule has 0 aliphatic carbocycles. The van der Waals surface area contributed by atoms with Crippen molar-refractivity contribution in [3.63, 3.8) is 0 Å². The second kappa shape index (κ2) is 6.38. The van der Waals surface area contributed by atoms with E-state index < -0.39 is 12.0 Å². The van der Waals surface area contributed by atoms with E-state index in [0.717, 1.165) is 0 Å². The predicted octanol–water partition coefficient (Wildman–Crippen LogP) is -0.0368. The fourth-order valence-electron chi connectivity index (χ4n) is 2.33. The first-order valence-corrected chi connectivity index (χ1v) is 6.75. The first kappa shape index (κ1) is 15.0. The van der Waals surface area contributed by atoms with E-state index in [1.165, 1.54) is 6.33 Å². The molecule has 0 aromatic carbocycles. The van der Waals surface area contributed by atoms with E-state index in [-0.39, 0.29) is 12.3 Å². The van der Waals surface area contributed by atoms with Crippen LogP contribution in [0.3, 0.4) is 0 Å². The van der Waals surface area contributed by atoms with E-state index in [1.807, 2.05) is 6.92 Å². The number of carbonyl (C=O) groups excluding carboxylic acids is 1. The van der Waals surface area contributed by atoms with Crippen molar-refractivity contribution >= 4 is 17.7 Å². The number of nitrogens with zero attached hydrogens (tertiary/aromatic N) is 3. The molecule has 1 saturated heterocycles. The molecule has 1 amide bonds. The van der Waals surface area contributed by atoms with Crippen LogP contribution in [0.1, 0.15) is 18.9 Å². The van der Waals surface area contributed by atoms with Gasteiger partial charge in [-0.15, -0.1) is 0 Å². The summed E-state index contributed by atoms with van der Waals surface area (Å²) < 4.78 is 5.42. The Hall–Kier alpha value is -2.38. The summed E-state index contributed by atoms with van der Waals surface area (Å²) in [6, 6.07) is -0.778. The summed E-state index contributed by atoms with van der Waals surface area (Å²) in [5, 5.41) is 11.7. The average Bonchev–Trinajstić information content (AvgIpc) is 2.43. The highest BCUT2D eigenvalue weighted by Gasteiger charge is 2.33. The molecule has 1 fully saturated rings. The van der Waals surface area contributed by atoms with Gasteiger partial charge in [0.05, 0.1) is 18.6 Å². The molecule has 1 unspecified atom stereocenters. The van der Waals surface area contributed by atoms with Crippen molar-refractivity contribution < 1.29 is 19.4 Å². The van der Waals surface area contributed by atoms with E-state index in [1.54, 1.807) is 11.8 Å². The van der Waals surface area contributed by atoms with E-state index in [2.05, 4.69) is 15.3 Å². The Bertz CT molecular complexity index is 549. The molecule has 0 bridgehead atoms. The number of carbonyl (C=O) groups is 2. The molecule has 0 saturated carbocycles. The number of aromatic nitrogens is 2. The molecule has 2 heterocycles. The topological polar surface area (TPSA) is 105 Å². The van der Waals surface area contributed by atoms with Crippen LogP contribution in [0.25, 0.3) is 0 Å². The number of piperazine rings is 1. The maximum atomic E-state index is 11.9. The summed E-state index contributed by atoms with van der Waals surface area (Å²) in [7, 11) is 0. The van der Waals surface area contributed by atoms with Crippen molar-refractivity contribution in [3.05, 3.63) is 11.9 Å². The van der Waals surface area contributed by atoms with Crippen LogP contribution < -0.4 is 15.0 Å². The Labute approximate surface area is 122 Å². The minimum atomic E-state index is -1.03. The van der Waals surface area contributed by atoms with E-state index >= 15 is 0 Å². The number of carboxylic acids is 1. The highest BCUT2D eigenvalue weighted by molar-refractivity contribution is 5.90. The van der Waals surface area contributed by atoms with Gasteiger partial charge in [-0.25, -0.2) is 9.97 Å². The van der Waals surface area contributed by atoms with Gasteiger partial charge in [0, 0.05) is 13.1 Å². The normalized spacial score (nSPS) is 18.3. The third kappa shape index (κ3) is 3.21. The highest BCUT2D eigenvalue weighted by atomic mass is 16.5. The molecular weight excluding hydrogens is 276 g/mol. The van der Waals surface area contributed by atoms with Crippen molar-refractivity contribution in [1.29, 1.82) is 0 Å². The number of hydrogen-bond donors (Lipinski definition) is 2. The molecule has 1 aromatic rings. The maximum Gasteiger partial charge on any atom is 0.305 e. The second-order valence-corrected chi connectivity index (χ2v) is 4.66. The number of anilines is 1. The van der Waals surface area contributed by atoms with Gasteiger partial charge in [-0.1, -0.05) is 0 Å². The van der Waals surface area contributed by atoms with Gasteiger partial charge < -0.3 is 20.1 Å². The van der Waals surface area contributed by atoms with Gasteiger partial charge in [0.2, 0.25) is 11.8 Å². The van der Waals surface area contributed by atoms with Gasteiger partial charge in [0.15, 0.2) is 0 Å². The predicted molar refractivity (Wildman–Crippen MR) is 74.3 cm³/mol. The molecule has 1 aliphatic rings. The summed E-state index contributed by atoms with van der Waals surface area (Å²) in [6.07, 6.45) is 1.08. The lowest BCUT2D eigenvalue weighted by Gasteiger charge is -2.35. The van der Waals surface area contributed by atoms with Gasteiger partial charge in [0.25, 0.3) is 0 Å². The van der Waals surface area contributed by atoms with Crippen molar-refractivity contribution in [2.45, 2.75) is 26.3 Å². The number of hydrogen-bond acceptors (Lipinski definition) is 6. The largest absolute Gasteiger partial charge is 0.481 e. The van der Waals surface area contributed by atoms with E-state index in [4.69, 9.17) is 9.84 Å². The lowest BCUT2D eigenvalue weighted by Crippen LogP contribution is -2.56. The molecule has 0 radical (unpaired) electrons. The fraction of sp³-hybridized carbons (Fsp3) is 0.538. The highest BCUT2D eigenvalue weighted by Crippen LogP contribution is 2.27. The van der Waals surface area contributed by atoms with Gasteiger partial charge in [0.1, 0.15) is 18.2 Å². The van der Waals surface area contributed by atoms with Crippen LogP contribution in [0.15, 0.2) is 6.33 Å². The lowest BCUT2D eigenvalue weighted by molar-refractivity contribution is -0.139. The molecule has 8 heteroatoms. The lowest BCUT2D eigenvalue weighted by atomic mass is 10.1. The van der Waals surface area contributed by atoms with Crippen LogP contribution in [0, 0.1) is 6.92 Å². The number of ether oxygens (including phenoxy) is 1. The maximum absolute atomic E-state index is 11.9. The molecule has 0 spiro atoms. The Morgan fingerprint density at radius 1 is 1.57 bits per heavy atom. The molecule has 2 rings (SSSR count). The minimum Gasteiger partial charge on any atom is -0.481 e. The molecule has 1 aliphatic heterocycles. The van der Waals surface area contributed by atoms with Crippen LogP contribution in [0.4, 0.5) is 5.82 Å². The Morgan fingerprint density at radius 3 is 3.00 bits per heavy atom. The molecular formula is C13H18N4O4. The SMILES string of the molecule is CCOc1ncnc(N2CCNC(=O)C2CC(=O)O)c1C. The first-order chi connectivity index (χ1) is 10.0. The molecule has 1 atom stereocenters. The van der Waals surface area contributed by atoms with Crippen LogP contribution in [-0.2, 0) is 9.59 Å². The summed E-state index contributed by atoms with van der Waals surface area (Å²) >= 11 is 0. The number of rotatable bonds is 5. The monoisotopic (exact) mass is 294 g/mol. The first-order valence-electron chi connectivity index (χ1n) is 6.75. The number of carboxylic acid groups (broad SMARTS) is 1. The summed E-state index contributed by atoms with van der Waals surface area (Å²) in [4.78, 5) is 32.9. The molecule has 8 nitrogen and oxygen atoms in total. The van der Waals surface area contributed by atoms with Crippen LogP contribution >= 0.6 is 0 Å². The van der Waals surface area contributed by atoms with Crippen molar-refractivity contribution in [2.75, 3.05) is 24.6 Å². The zero-order valence-corrected chi connectivity index (χ0v) is 12.0. The average molecular weight is 294 g/mol. The smallest absolute Gasteiger partial charge is 0.305 e. The summed E-state index contributed by atoms with van der Waals surface area (Å²) in [6.45, 7) is 5.05. The van der Waals surface area contributed by atoms with E-state index in [0.29, 0.717) is 37.0 Å². The fourth-order valence-corrected chi connectivity index (χ4v) is 2.33. The van der Waals surface area contributed by atoms with Crippen LogP contribution in [-0.4, -0.2) is 52.7 Å². The second-order valence-electron chi connectivity index (χ2n) is 4.66. The van der Waals surface area contributed by atoms with Crippen molar-refractivity contribution in [1.82, 2.24) is 15.3 Å². The summed E-state index contributed by atoms with van der Waals surface area (Å²) in [5.41, 5.74) is 0.699. The Kier molecular flexibility index (Phi) is 4.56. The quantitative estimate of drug-likeness (QED) is 0.785. The Balaban J connectivity index is 2.35. The Morgan fingerprint density at radius 2 is 2.33 bits per heavy atom. The molecule has 114 valence electrons. The zero-order valence-electron chi connectivity index (χ0n) is 12.0. The number of nitrogens with one attached hydrogen (secondary N) is 1. The number of aliphatic carboxylic acids is 1. The molecule has 21 heavy (non-hydrogen) atoms. The zero-order chi connectivity index (χ0) is 15.4. The van der Waals surface area contributed by atoms with Gasteiger partial charge >= 0.3 is 5.97 Å². The third-order valence-electron chi connectivity index (χ3n) is 3.26. The van der Waals surface area contributed by atoms with E-state index in [9.17, 15) is 9.59 Å². The molecule has 2 N–H and O–H groups in total. The minimum absolute atomic E-state index is 0.279.